The number of carbonyl (C=O) groups is 4. The minimum absolute atomic E-state index is 0.0396. The number of unbranched alkanes of at least 4 members (excludes halogenated alkanes) is 1. The smallest absolute Gasteiger partial charge is 0.305 e. The molecule has 1 heterocycles. The molecule has 2 atom stereocenters. The molecule has 2 unspecified atom stereocenters. The van der Waals surface area contributed by atoms with Crippen molar-refractivity contribution < 1.29 is 33.8 Å². The Bertz CT molecular complexity index is 1300. The molecular weight excluding hydrogens is 545 g/mol. The second-order valence-electron chi connectivity index (χ2n) is 9.45. The van der Waals surface area contributed by atoms with Crippen LogP contribution in [0.4, 0.5) is 4.39 Å². The highest BCUT2D eigenvalue weighted by Crippen LogP contribution is 2.25. The number of benzene rings is 2. The number of aldehydes is 1. The predicted molar refractivity (Wildman–Crippen MR) is 158 cm³/mol. The van der Waals surface area contributed by atoms with Crippen LogP contribution < -0.4 is 11.1 Å². The number of aliphatic carboxylic acids is 1. The number of para-hydroxylation sites is 1. The highest BCUT2D eigenvalue weighted by atomic mass is 19.1. The van der Waals surface area contributed by atoms with Gasteiger partial charge < -0.3 is 31.0 Å². The van der Waals surface area contributed by atoms with Crippen molar-refractivity contribution in [2.75, 3.05) is 13.6 Å². The van der Waals surface area contributed by atoms with Crippen LogP contribution in [0, 0.1) is 12.7 Å². The fraction of sp³-hybridized carbons (Fsp3) is 0.433. The van der Waals surface area contributed by atoms with E-state index in [1.54, 1.807) is 9.58 Å². The summed E-state index contributed by atoms with van der Waals surface area (Å²) in [6.45, 7) is 6.86. The molecule has 0 aliphatic heterocycles. The van der Waals surface area contributed by atoms with Crippen molar-refractivity contribution in [3.8, 4) is 5.75 Å². The van der Waals surface area contributed by atoms with Gasteiger partial charge >= 0.3 is 5.97 Å². The van der Waals surface area contributed by atoms with E-state index in [-0.39, 0.29) is 36.9 Å². The van der Waals surface area contributed by atoms with Gasteiger partial charge in [0.05, 0.1) is 23.7 Å². The van der Waals surface area contributed by atoms with Gasteiger partial charge in [0.25, 0.3) is 0 Å². The van der Waals surface area contributed by atoms with Crippen molar-refractivity contribution in [1.82, 2.24) is 20.0 Å². The Kier molecular flexibility index (Phi) is 16.1. The van der Waals surface area contributed by atoms with Gasteiger partial charge in [-0.25, -0.2) is 4.39 Å². The first kappa shape index (κ1) is 35.7. The van der Waals surface area contributed by atoms with Gasteiger partial charge in [0.15, 0.2) is 11.6 Å². The normalized spacial score (nSPS) is 11.7. The number of carboxylic acids is 1. The summed E-state index contributed by atoms with van der Waals surface area (Å²) < 4.78 is 15.2. The lowest BCUT2D eigenvalue weighted by atomic mass is 10.0. The zero-order valence-corrected chi connectivity index (χ0v) is 24.6. The number of hydrogen-bond donors (Lipinski definition) is 4. The lowest BCUT2D eigenvalue weighted by Gasteiger charge is -2.28. The number of phenols is 1. The molecule has 230 valence electrons. The van der Waals surface area contributed by atoms with Crippen molar-refractivity contribution in [3.05, 3.63) is 59.5 Å². The van der Waals surface area contributed by atoms with Crippen molar-refractivity contribution >= 4 is 35.5 Å². The van der Waals surface area contributed by atoms with E-state index in [0.717, 1.165) is 42.1 Å². The summed E-state index contributed by atoms with van der Waals surface area (Å²) in [4.78, 5) is 45.1. The third-order valence-corrected chi connectivity index (χ3v) is 6.45. The first-order valence-electron chi connectivity index (χ1n) is 13.8. The molecule has 2 amide bonds. The topological polar surface area (TPSA) is 168 Å². The number of aromatic hydroxyl groups is 1. The molecule has 3 aromatic rings. The number of halogens is 1. The Morgan fingerprint density at radius 2 is 1.81 bits per heavy atom. The Labute approximate surface area is 245 Å². The number of nitrogens with two attached hydrogens (primary N) is 1. The van der Waals surface area contributed by atoms with E-state index in [2.05, 4.69) is 23.1 Å². The summed E-state index contributed by atoms with van der Waals surface area (Å²) in [5.41, 5.74) is 6.19. The van der Waals surface area contributed by atoms with E-state index < -0.39 is 23.6 Å². The average molecular weight is 588 g/mol. The number of carboxylic acid groups (broad SMARTS) is 1. The van der Waals surface area contributed by atoms with Crippen LogP contribution in [0.5, 0.6) is 5.75 Å². The molecule has 0 aliphatic carbocycles. The zero-order chi connectivity index (χ0) is 31.7. The van der Waals surface area contributed by atoms with E-state index >= 15 is 0 Å². The number of hydrogen-bond acceptors (Lipinski definition) is 7. The molecule has 2 aromatic carbocycles. The molecule has 1 aromatic heterocycles. The second kappa shape index (κ2) is 18.9. The molecule has 12 heteroatoms. The van der Waals surface area contributed by atoms with Crippen molar-refractivity contribution in [2.24, 2.45) is 5.73 Å². The van der Waals surface area contributed by atoms with Gasteiger partial charge in [-0.3, -0.25) is 19.1 Å². The van der Waals surface area contributed by atoms with Crippen LogP contribution >= 0.6 is 0 Å². The number of primary amides is 1. The predicted octanol–water partition coefficient (Wildman–Crippen LogP) is 3.71. The maximum Gasteiger partial charge on any atom is 0.305 e. The molecule has 0 saturated carbocycles. The average Bonchev–Trinajstić information content (AvgIpc) is 3.28. The molecule has 0 aliphatic rings. The van der Waals surface area contributed by atoms with E-state index in [4.69, 9.17) is 15.0 Å². The summed E-state index contributed by atoms with van der Waals surface area (Å²) in [7, 11) is 1.54. The van der Waals surface area contributed by atoms with Gasteiger partial charge in [0.1, 0.15) is 12.8 Å². The van der Waals surface area contributed by atoms with Crippen LogP contribution in [0.1, 0.15) is 63.3 Å². The minimum Gasteiger partial charge on any atom is -0.505 e. The van der Waals surface area contributed by atoms with Crippen LogP contribution in [0.25, 0.3) is 10.9 Å². The van der Waals surface area contributed by atoms with Crippen molar-refractivity contribution in [1.29, 1.82) is 0 Å². The minimum atomic E-state index is -1.03. The standard InChI is InChI=1S/C19H27N3O2.C10H12FNO3.CH3NO/c1-4-6-12-21(16(14-23)9-5-2)19(24)13-22-18-11-8-7-10-17(18)15(3)20-22;1-12-7(5-9(14)15)6-3-2-4-8(13)10(6)11;2-1-3/h7-8,10-11,14,16H,4-6,9,12-13H2,1-3H3;2-4,7,12-13H,5H2,1H3,(H,14,15);1H,(H2,2,3). The van der Waals surface area contributed by atoms with E-state index in [0.29, 0.717) is 13.0 Å². The Morgan fingerprint density at radius 3 is 2.38 bits per heavy atom. The number of fused-ring (bicyclic) bond motifs is 1. The van der Waals surface area contributed by atoms with Gasteiger partial charge in [0, 0.05) is 23.5 Å². The first-order chi connectivity index (χ1) is 20.1. The van der Waals surface area contributed by atoms with E-state index in [1.807, 2.05) is 38.1 Å². The highest BCUT2D eigenvalue weighted by molar-refractivity contribution is 5.85. The SMILES string of the molecule is CCCCN(C(=O)Cn1nc(C)c2ccccc21)C(C=O)CCC.CNC(CC(=O)O)c1cccc(O)c1F.NC=O. The lowest BCUT2D eigenvalue weighted by molar-refractivity contribution is -0.138. The third kappa shape index (κ3) is 10.6. The molecule has 3 rings (SSSR count). The third-order valence-electron chi connectivity index (χ3n) is 6.45. The van der Waals surface area contributed by atoms with Crippen LogP contribution in [0.3, 0.4) is 0 Å². The molecule has 11 nitrogen and oxygen atoms in total. The zero-order valence-electron chi connectivity index (χ0n) is 24.6. The molecule has 5 N–H and O–H groups in total. The van der Waals surface area contributed by atoms with Crippen LogP contribution in [0.2, 0.25) is 0 Å². The molecule has 0 radical (unpaired) electrons. The number of rotatable bonds is 13. The summed E-state index contributed by atoms with van der Waals surface area (Å²) in [5.74, 6) is -2.32. The van der Waals surface area contributed by atoms with E-state index in [1.165, 1.54) is 25.2 Å². The van der Waals surface area contributed by atoms with Crippen molar-refractivity contribution in [2.45, 2.75) is 71.5 Å². The van der Waals surface area contributed by atoms with E-state index in [9.17, 15) is 18.8 Å². The maximum absolute atomic E-state index is 13.4. The number of nitrogens with zero attached hydrogens (tertiary/aromatic N) is 3. The quantitative estimate of drug-likeness (QED) is 0.220. The maximum atomic E-state index is 13.4. The largest absolute Gasteiger partial charge is 0.505 e. The fourth-order valence-corrected chi connectivity index (χ4v) is 4.38. The molecule has 0 spiro atoms. The molecular formula is C30H42FN5O6. The molecule has 0 saturated heterocycles. The van der Waals surface area contributed by atoms with Gasteiger partial charge in [0.2, 0.25) is 12.3 Å². The number of aryl methyl sites for hydroxylation is 1. The molecule has 0 fully saturated rings. The summed E-state index contributed by atoms with van der Waals surface area (Å²) in [6, 6.07) is 11.1. The number of carbonyl (C=O) groups excluding carboxylic acids is 3. The molecule has 42 heavy (non-hydrogen) atoms. The number of phenolic OH excluding ortho intramolecular Hbond substituents is 1. The highest BCUT2D eigenvalue weighted by Gasteiger charge is 2.23. The molecule has 0 bridgehead atoms. The Morgan fingerprint density at radius 1 is 1.14 bits per heavy atom. The number of aromatic nitrogens is 2. The van der Waals surface area contributed by atoms with Gasteiger partial charge in [-0.1, -0.05) is 57.0 Å². The Hall–Kier alpha value is -4.32. The summed E-state index contributed by atoms with van der Waals surface area (Å²) in [5, 5.41) is 26.0. The first-order valence-corrected chi connectivity index (χ1v) is 13.8. The van der Waals surface area contributed by atoms with Gasteiger partial charge in [-0.05, 0) is 38.9 Å². The van der Waals surface area contributed by atoms with Crippen LogP contribution in [-0.2, 0) is 25.7 Å². The van der Waals surface area contributed by atoms with Crippen molar-refractivity contribution in [3.63, 3.8) is 0 Å². The number of nitrogens with one attached hydrogen (secondary N) is 1. The number of amides is 2. The van der Waals surface area contributed by atoms with Crippen LogP contribution in [-0.4, -0.2) is 69.1 Å². The summed E-state index contributed by atoms with van der Waals surface area (Å²) in [6.07, 6.45) is 4.39. The monoisotopic (exact) mass is 587 g/mol. The fourth-order valence-electron chi connectivity index (χ4n) is 4.38. The summed E-state index contributed by atoms with van der Waals surface area (Å²) >= 11 is 0. The van der Waals surface area contributed by atoms with Gasteiger partial charge in [-0.2, -0.15) is 5.10 Å². The lowest BCUT2D eigenvalue weighted by Crippen LogP contribution is -2.43. The van der Waals surface area contributed by atoms with Gasteiger partial charge in [-0.15, -0.1) is 0 Å². The van der Waals surface area contributed by atoms with Crippen LogP contribution in [0.15, 0.2) is 42.5 Å². The second-order valence-corrected chi connectivity index (χ2v) is 9.45. The Balaban J connectivity index is 0.000000419.